The molecule has 16 heavy (non-hydrogen) atoms. The molecular weight excluding hydrogens is 206 g/mol. The summed E-state index contributed by atoms with van der Waals surface area (Å²) in [6.45, 7) is 0.551. The third-order valence-corrected chi connectivity index (χ3v) is 3.30. The molecule has 0 heterocycles. The molecule has 1 amide bonds. The summed E-state index contributed by atoms with van der Waals surface area (Å²) >= 11 is 0. The van der Waals surface area contributed by atoms with Crippen LogP contribution in [-0.4, -0.2) is 35.5 Å². The zero-order valence-electron chi connectivity index (χ0n) is 9.95. The Morgan fingerprint density at radius 3 is 2.50 bits per heavy atom. The summed E-state index contributed by atoms with van der Waals surface area (Å²) in [5.74, 6) is 0.115. The number of hydrogen-bond donors (Lipinski definition) is 1. The zero-order chi connectivity index (χ0) is 12.0. The first-order valence-electron chi connectivity index (χ1n) is 6.05. The van der Waals surface area contributed by atoms with E-state index in [1.165, 1.54) is 19.3 Å². The summed E-state index contributed by atoms with van der Waals surface area (Å²) < 4.78 is 0. The SMILES string of the molecule is CN(CCCC(=O)O)C(=O)CCC1CCC1. The highest BCUT2D eigenvalue weighted by Crippen LogP contribution is 2.30. The molecule has 1 saturated carbocycles. The first kappa shape index (κ1) is 13.0. The summed E-state index contributed by atoms with van der Waals surface area (Å²) in [7, 11) is 1.75. The van der Waals surface area contributed by atoms with Gasteiger partial charge in [0.2, 0.25) is 5.91 Å². The predicted molar refractivity (Wildman–Crippen MR) is 61.1 cm³/mol. The van der Waals surface area contributed by atoms with E-state index < -0.39 is 5.97 Å². The molecule has 0 unspecified atom stereocenters. The largest absolute Gasteiger partial charge is 0.481 e. The van der Waals surface area contributed by atoms with Crippen LogP contribution in [0.4, 0.5) is 0 Å². The topological polar surface area (TPSA) is 57.6 Å². The molecule has 0 bridgehead atoms. The Hall–Kier alpha value is -1.06. The van der Waals surface area contributed by atoms with Gasteiger partial charge in [-0.15, -0.1) is 0 Å². The number of rotatable bonds is 7. The lowest BCUT2D eigenvalue weighted by Gasteiger charge is -2.26. The molecule has 0 atom stereocenters. The molecule has 0 aromatic rings. The molecule has 92 valence electrons. The van der Waals surface area contributed by atoms with Crippen LogP contribution in [0.25, 0.3) is 0 Å². The van der Waals surface area contributed by atoms with E-state index in [0.717, 1.165) is 12.3 Å². The maximum atomic E-state index is 11.6. The highest BCUT2D eigenvalue weighted by atomic mass is 16.4. The van der Waals surface area contributed by atoms with E-state index >= 15 is 0 Å². The molecule has 1 N–H and O–H groups in total. The summed E-state index contributed by atoms with van der Waals surface area (Å²) in [5.41, 5.74) is 0. The lowest BCUT2D eigenvalue weighted by Crippen LogP contribution is -2.28. The minimum atomic E-state index is -0.796. The third-order valence-electron chi connectivity index (χ3n) is 3.30. The summed E-state index contributed by atoms with van der Waals surface area (Å²) in [6, 6.07) is 0. The van der Waals surface area contributed by atoms with Gasteiger partial charge in [0.05, 0.1) is 0 Å². The van der Waals surface area contributed by atoms with Gasteiger partial charge in [0.15, 0.2) is 0 Å². The van der Waals surface area contributed by atoms with Gasteiger partial charge in [0.1, 0.15) is 0 Å². The molecule has 1 rings (SSSR count). The van der Waals surface area contributed by atoms with Crippen LogP contribution in [-0.2, 0) is 9.59 Å². The van der Waals surface area contributed by atoms with Crippen LogP contribution in [0.2, 0.25) is 0 Å². The Morgan fingerprint density at radius 2 is 2.00 bits per heavy atom. The number of nitrogens with zero attached hydrogens (tertiary/aromatic N) is 1. The lowest BCUT2D eigenvalue weighted by molar-refractivity contribution is -0.138. The van der Waals surface area contributed by atoms with Crippen LogP contribution in [0.15, 0.2) is 0 Å². The van der Waals surface area contributed by atoms with Gasteiger partial charge < -0.3 is 10.0 Å². The van der Waals surface area contributed by atoms with Gasteiger partial charge in [-0.25, -0.2) is 0 Å². The van der Waals surface area contributed by atoms with Crippen molar-refractivity contribution in [3.05, 3.63) is 0 Å². The van der Waals surface area contributed by atoms with Crippen molar-refractivity contribution in [2.75, 3.05) is 13.6 Å². The van der Waals surface area contributed by atoms with Crippen molar-refractivity contribution < 1.29 is 14.7 Å². The number of hydrogen-bond acceptors (Lipinski definition) is 2. The molecule has 1 aliphatic rings. The van der Waals surface area contributed by atoms with Gasteiger partial charge in [-0.2, -0.15) is 0 Å². The van der Waals surface area contributed by atoms with Gasteiger partial charge in [0.25, 0.3) is 0 Å². The van der Waals surface area contributed by atoms with E-state index in [9.17, 15) is 9.59 Å². The summed E-state index contributed by atoms with van der Waals surface area (Å²) in [6.07, 6.45) is 6.16. The lowest BCUT2D eigenvalue weighted by atomic mass is 9.82. The number of carboxylic acid groups (broad SMARTS) is 1. The van der Waals surface area contributed by atoms with E-state index in [2.05, 4.69) is 0 Å². The quantitative estimate of drug-likeness (QED) is 0.722. The molecule has 1 fully saturated rings. The van der Waals surface area contributed by atoms with E-state index in [1.807, 2.05) is 0 Å². The Kier molecular flexibility index (Phi) is 5.29. The molecule has 0 aromatic carbocycles. The molecule has 0 radical (unpaired) electrons. The molecule has 4 nitrogen and oxygen atoms in total. The Balaban J connectivity index is 2.06. The van der Waals surface area contributed by atoms with Crippen LogP contribution in [0.5, 0.6) is 0 Å². The average Bonchev–Trinajstić information content (AvgIpc) is 2.14. The minimum absolute atomic E-state index is 0.139. The fraction of sp³-hybridized carbons (Fsp3) is 0.833. The van der Waals surface area contributed by atoms with Crippen molar-refractivity contribution in [1.29, 1.82) is 0 Å². The smallest absolute Gasteiger partial charge is 0.303 e. The monoisotopic (exact) mass is 227 g/mol. The van der Waals surface area contributed by atoms with Crippen LogP contribution in [0, 0.1) is 5.92 Å². The van der Waals surface area contributed by atoms with Crippen LogP contribution >= 0.6 is 0 Å². The summed E-state index contributed by atoms with van der Waals surface area (Å²) in [5, 5.41) is 8.48. The van der Waals surface area contributed by atoms with Crippen molar-refractivity contribution >= 4 is 11.9 Å². The Labute approximate surface area is 96.6 Å². The number of carbonyl (C=O) groups excluding carboxylic acids is 1. The molecule has 0 spiro atoms. The zero-order valence-corrected chi connectivity index (χ0v) is 9.95. The van der Waals surface area contributed by atoms with Crippen molar-refractivity contribution in [3.8, 4) is 0 Å². The second kappa shape index (κ2) is 6.51. The third kappa shape index (κ3) is 4.64. The highest BCUT2D eigenvalue weighted by molar-refractivity contribution is 5.75. The van der Waals surface area contributed by atoms with E-state index in [0.29, 0.717) is 19.4 Å². The first-order chi connectivity index (χ1) is 7.59. The van der Waals surface area contributed by atoms with Crippen molar-refractivity contribution in [2.45, 2.75) is 44.9 Å². The van der Waals surface area contributed by atoms with Crippen LogP contribution < -0.4 is 0 Å². The highest BCUT2D eigenvalue weighted by Gasteiger charge is 2.19. The van der Waals surface area contributed by atoms with Crippen molar-refractivity contribution in [3.63, 3.8) is 0 Å². The van der Waals surface area contributed by atoms with Crippen LogP contribution in [0.3, 0.4) is 0 Å². The van der Waals surface area contributed by atoms with Gasteiger partial charge in [-0.1, -0.05) is 19.3 Å². The Morgan fingerprint density at radius 1 is 1.31 bits per heavy atom. The number of carboxylic acids is 1. The molecule has 0 saturated heterocycles. The fourth-order valence-corrected chi connectivity index (χ4v) is 1.89. The number of aliphatic carboxylic acids is 1. The minimum Gasteiger partial charge on any atom is -0.481 e. The Bertz CT molecular complexity index is 249. The fourth-order valence-electron chi connectivity index (χ4n) is 1.89. The molecule has 0 aliphatic heterocycles. The predicted octanol–water partition coefficient (Wildman–Crippen LogP) is 1.89. The van der Waals surface area contributed by atoms with E-state index in [-0.39, 0.29) is 12.3 Å². The number of carbonyl (C=O) groups is 2. The van der Waals surface area contributed by atoms with Gasteiger partial charge in [-0.3, -0.25) is 9.59 Å². The van der Waals surface area contributed by atoms with E-state index in [4.69, 9.17) is 5.11 Å². The first-order valence-corrected chi connectivity index (χ1v) is 6.05. The maximum Gasteiger partial charge on any atom is 0.303 e. The van der Waals surface area contributed by atoms with Crippen molar-refractivity contribution in [2.24, 2.45) is 5.92 Å². The average molecular weight is 227 g/mol. The maximum absolute atomic E-state index is 11.6. The molecular formula is C12H21NO3. The summed E-state index contributed by atoms with van der Waals surface area (Å²) in [4.78, 5) is 23.6. The van der Waals surface area contributed by atoms with Gasteiger partial charge >= 0.3 is 5.97 Å². The molecule has 0 aromatic heterocycles. The van der Waals surface area contributed by atoms with Gasteiger partial charge in [-0.05, 0) is 18.8 Å². The molecule has 4 heteroatoms. The second-order valence-electron chi connectivity index (χ2n) is 4.65. The van der Waals surface area contributed by atoms with Gasteiger partial charge in [0, 0.05) is 26.4 Å². The second-order valence-corrected chi connectivity index (χ2v) is 4.65. The van der Waals surface area contributed by atoms with Crippen molar-refractivity contribution in [1.82, 2.24) is 4.90 Å². The molecule has 1 aliphatic carbocycles. The normalized spacial score (nSPS) is 15.6. The standard InChI is InChI=1S/C12H21NO3/c1-13(9-3-6-12(15)16)11(14)8-7-10-4-2-5-10/h10H,2-9H2,1H3,(H,15,16). The number of amides is 1. The van der Waals surface area contributed by atoms with E-state index in [1.54, 1.807) is 11.9 Å². The van der Waals surface area contributed by atoms with Crippen LogP contribution in [0.1, 0.15) is 44.9 Å².